The molecule has 2 aliphatic rings. The van der Waals surface area contributed by atoms with E-state index in [9.17, 15) is 5.11 Å². The first-order chi connectivity index (χ1) is 9.34. The predicted molar refractivity (Wildman–Crippen MR) is 86.1 cm³/mol. The molecule has 1 unspecified atom stereocenters. The molecule has 1 aromatic rings. The Morgan fingerprint density at radius 2 is 1.95 bits per heavy atom. The van der Waals surface area contributed by atoms with Gasteiger partial charge in [-0.2, -0.15) is 0 Å². The van der Waals surface area contributed by atoms with Gasteiger partial charge < -0.3 is 5.11 Å². The van der Waals surface area contributed by atoms with Gasteiger partial charge in [0.2, 0.25) is 0 Å². The molecule has 1 aliphatic heterocycles. The molecular formula is C16H20OS2. The summed E-state index contributed by atoms with van der Waals surface area (Å²) in [6.45, 7) is 0. The number of allylic oxidation sites excluding steroid dienone is 2. The summed E-state index contributed by atoms with van der Waals surface area (Å²) in [5.41, 5.74) is 2.50. The molecule has 0 saturated carbocycles. The van der Waals surface area contributed by atoms with Crippen LogP contribution in [0.4, 0.5) is 0 Å². The summed E-state index contributed by atoms with van der Waals surface area (Å²) in [5, 5.41) is 10.1. The molecule has 0 amide bonds. The van der Waals surface area contributed by atoms with Gasteiger partial charge in [-0.15, -0.1) is 23.5 Å². The van der Waals surface area contributed by atoms with Crippen LogP contribution in [0.3, 0.4) is 0 Å². The predicted octanol–water partition coefficient (Wildman–Crippen LogP) is 5.08. The maximum absolute atomic E-state index is 10.1. The minimum Gasteiger partial charge on any atom is -0.508 e. The number of benzene rings is 1. The van der Waals surface area contributed by atoms with Gasteiger partial charge in [-0.25, -0.2) is 0 Å². The van der Waals surface area contributed by atoms with Gasteiger partial charge in [0.15, 0.2) is 0 Å². The van der Waals surface area contributed by atoms with Crippen LogP contribution in [0.15, 0.2) is 30.4 Å². The van der Waals surface area contributed by atoms with Crippen molar-refractivity contribution in [1.82, 2.24) is 0 Å². The standard InChI is InChI=1S/C16H20OS2/c17-15-8-7-13(16-18-9-4-10-19-16)11-14(15)12-5-2-1-3-6-12/h2,5,7-8,11-12,16-17H,1,3-4,6,9-10H2. The lowest BCUT2D eigenvalue weighted by atomic mass is 9.88. The maximum Gasteiger partial charge on any atom is 0.119 e. The summed E-state index contributed by atoms with van der Waals surface area (Å²) < 4.78 is 0.556. The first-order valence-corrected chi connectivity index (χ1v) is 9.17. The summed E-state index contributed by atoms with van der Waals surface area (Å²) in [6.07, 6.45) is 9.43. The fraction of sp³-hybridized carbons (Fsp3) is 0.500. The van der Waals surface area contributed by atoms with Crippen LogP contribution in [0.1, 0.15) is 47.3 Å². The second kappa shape index (κ2) is 6.27. The number of rotatable bonds is 2. The second-order valence-corrected chi connectivity index (χ2v) is 7.94. The third kappa shape index (κ3) is 3.14. The molecule has 0 spiro atoms. The molecule has 1 aliphatic carbocycles. The average Bonchev–Trinajstić information content (AvgIpc) is 2.49. The van der Waals surface area contributed by atoms with Crippen LogP contribution in [-0.2, 0) is 0 Å². The Kier molecular flexibility index (Phi) is 4.44. The highest BCUT2D eigenvalue weighted by atomic mass is 32.2. The number of hydrogen-bond donors (Lipinski definition) is 1. The zero-order valence-corrected chi connectivity index (χ0v) is 12.7. The van der Waals surface area contributed by atoms with E-state index in [1.54, 1.807) is 0 Å². The van der Waals surface area contributed by atoms with Gasteiger partial charge in [0.25, 0.3) is 0 Å². The smallest absolute Gasteiger partial charge is 0.119 e. The van der Waals surface area contributed by atoms with Crippen LogP contribution in [0, 0.1) is 0 Å². The lowest BCUT2D eigenvalue weighted by Crippen LogP contribution is -2.03. The monoisotopic (exact) mass is 292 g/mol. The van der Waals surface area contributed by atoms with E-state index in [0.717, 1.165) is 5.56 Å². The first-order valence-electron chi connectivity index (χ1n) is 7.07. The lowest BCUT2D eigenvalue weighted by Gasteiger charge is -2.24. The van der Waals surface area contributed by atoms with Crippen molar-refractivity contribution in [2.24, 2.45) is 0 Å². The molecule has 0 radical (unpaired) electrons. The number of phenolic OH excluding ortho intramolecular Hbond substituents is 1. The fourth-order valence-electron chi connectivity index (χ4n) is 2.77. The van der Waals surface area contributed by atoms with Crippen molar-refractivity contribution in [2.45, 2.75) is 36.2 Å². The Hall–Kier alpha value is -0.540. The van der Waals surface area contributed by atoms with Gasteiger partial charge in [-0.05, 0) is 54.9 Å². The van der Waals surface area contributed by atoms with Crippen LogP contribution >= 0.6 is 23.5 Å². The van der Waals surface area contributed by atoms with Crippen molar-refractivity contribution in [2.75, 3.05) is 11.5 Å². The topological polar surface area (TPSA) is 20.2 Å². The molecule has 0 bridgehead atoms. The van der Waals surface area contributed by atoms with Crippen molar-refractivity contribution in [3.63, 3.8) is 0 Å². The molecule has 1 saturated heterocycles. The highest BCUT2D eigenvalue weighted by Crippen LogP contribution is 2.45. The molecule has 1 aromatic carbocycles. The van der Waals surface area contributed by atoms with Gasteiger partial charge in [0.1, 0.15) is 5.75 Å². The second-order valence-electron chi connectivity index (χ2n) is 5.21. The minimum atomic E-state index is 0.410. The number of phenols is 1. The molecule has 3 rings (SSSR count). The summed E-state index contributed by atoms with van der Waals surface area (Å²) in [7, 11) is 0. The normalized spacial score (nSPS) is 24.5. The van der Waals surface area contributed by atoms with Crippen molar-refractivity contribution in [3.8, 4) is 5.75 Å². The molecule has 1 N–H and O–H groups in total. The van der Waals surface area contributed by atoms with E-state index >= 15 is 0 Å². The third-order valence-corrected chi connectivity index (χ3v) is 6.82. The largest absolute Gasteiger partial charge is 0.508 e. The van der Waals surface area contributed by atoms with E-state index in [0.29, 0.717) is 16.2 Å². The summed E-state index contributed by atoms with van der Waals surface area (Å²) in [4.78, 5) is 0. The van der Waals surface area contributed by atoms with Crippen LogP contribution in [0.25, 0.3) is 0 Å². The van der Waals surface area contributed by atoms with Crippen LogP contribution < -0.4 is 0 Å². The number of hydrogen-bond acceptors (Lipinski definition) is 3. The molecule has 1 atom stereocenters. The Bertz CT molecular complexity index is 464. The summed E-state index contributed by atoms with van der Waals surface area (Å²) in [6, 6.07) is 6.23. The van der Waals surface area contributed by atoms with E-state index < -0.39 is 0 Å². The van der Waals surface area contributed by atoms with Crippen molar-refractivity contribution >= 4 is 23.5 Å². The fourth-order valence-corrected chi connectivity index (χ4v) is 5.64. The van der Waals surface area contributed by atoms with Crippen LogP contribution in [-0.4, -0.2) is 16.6 Å². The molecule has 1 nitrogen and oxygen atoms in total. The van der Waals surface area contributed by atoms with Gasteiger partial charge in [0, 0.05) is 11.5 Å². The Balaban J connectivity index is 1.86. The van der Waals surface area contributed by atoms with E-state index in [1.807, 2.05) is 29.6 Å². The Labute approximate surface area is 123 Å². The molecule has 1 heterocycles. The molecule has 1 fully saturated rings. The van der Waals surface area contributed by atoms with Crippen LogP contribution in [0.5, 0.6) is 5.75 Å². The van der Waals surface area contributed by atoms with Crippen LogP contribution in [0.2, 0.25) is 0 Å². The van der Waals surface area contributed by atoms with Crippen molar-refractivity contribution in [1.29, 1.82) is 0 Å². The highest BCUT2D eigenvalue weighted by molar-refractivity contribution is 8.16. The molecule has 19 heavy (non-hydrogen) atoms. The van der Waals surface area contributed by atoms with E-state index in [4.69, 9.17) is 0 Å². The van der Waals surface area contributed by atoms with Gasteiger partial charge >= 0.3 is 0 Å². The molecule has 3 heteroatoms. The quantitative estimate of drug-likeness (QED) is 0.767. The highest BCUT2D eigenvalue weighted by Gasteiger charge is 2.20. The SMILES string of the molecule is Oc1ccc(C2SCCCS2)cc1C1C=CCCC1. The van der Waals surface area contributed by atoms with E-state index in [-0.39, 0.29) is 0 Å². The van der Waals surface area contributed by atoms with Crippen molar-refractivity contribution < 1.29 is 5.11 Å². The summed E-state index contributed by atoms with van der Waals surface area (Å²) >= 11 is 4.08. The van der Waals surface area contributed by atoms with Gasteiger partial charge in [-0.1, -0.05) is 18.2 Å². The number of thioether (sulfide) groups is 2. The van der Waals surface area contributed by atoms with E-state index in [1.165, 1.54) is 42.8 Å². The number of aromatic hydroxyl groups is 1. The van der Waals surface area contributed by atoms with Gasteiger partial charge in [-0.3, -0.25) is 0 Å². The molecular weight excluding hydrogens is 272 g/mol. The third-order valence-electron chi connectivity index (χ3n) is 3.80. The van der Waals surface area contributed by atoms with E-state index in [2.05, 4.69) is 24.3 Å². The summed E-state index contributed by atoms with van der Waals surface area (Å²) in [5.74, 6) is 3.40. The Morgan fingerprint density at radius 3 is 2.68 bits per heavy atom. The first kappa shape index (κ1) is 13.4. The average molecular weight is 292 g/mol. The molecule has 102 valence electrons. The van der Waals surface area contributed by atoms with Gasteiger partial charge in [0.05, 0.1) is 4.58 Å². The minimum absolute atomic E-state index is 0.410. The van der Waals surface area contributed by atoms with Crippen molar-refractivity contribution in [3.05, 3.63) is 41.5 Å². The zero-order valence-electron chi connectivity index (χ0n) is 11.0. The maximum atomic E-state index is 10.1. The Morgan fingerprint density at radius 1 is 1.11 bits per heavy atom. The lowest BCUT2D eigenvalue weighted by molar-refractivity contribution is 0.461. The molecule has 0 aromatic heterocycles. The zero-order chi connectivity index (χ0) is 13.1.